The Hall–Kier alpha value is -6.22. The number of hydrogen-bond donors (Lipinski definition) is 0. The fraction of sp³-hybridized carbons (Fsp3) is 0. The van der Waals surface area contributed by atoms with Gasteiger partial charge < -0.3 is 4.90 Å². The van der Waals surface area contributed by atoms with Crippen LogP contribution in [0.2, 0.25) is 0 Å². The van der Waals surface area contributed by atoms with Gasteiger partial charge in [-0.3, -0.25) is 0 Å². The lowest BCUT2D eigenvalue weighted by Crippen LogP contribution is -2.10. The fourth-order valence-corrected chi connectivity index (χ4v) is 8.80. The molecule has 0 amide bonds. The average molecular weight is 654 g/mol. The van der Waals surface area contributed by atoms with Gasteiger partial charge in [-0.15, -0.1) is 11.3 Å². The molecule has 0 fully saturated rings. The molecule has 1 heterocycles. The fourth-order valence-electron chi connectivity index (χ4n) is 7.67. The van der Waals surface area contributed by atoms with E-state index in [-0.39, 0.29) is 0 Å². The molecular weight excluding hydrogens is 623 g/mol. The largest absolute Gasteiger partial charge is 0.310 e. The lowest BCUT2D eigenvalue weighted by Gasteiger charge is -2.27. The third kappa shape index (κ3) is 4.76. The van der Waals surface area contributed by atoms with Gasteiger partial charge in [0, 0.05) is 37.2 Å². The summed E-state index contributed by atoms with van der Waals surface area (Å²) in [5, 5.41) is 10.3. The molecule has 0 radical (unpaired) electrons. The van der Waals surface area contributed by atoms with Gasteiger partial charge in [0.25, 0.3) is 0 Å². The highest BCUT2D eigenvalue weighted by atomic mass is 32.1. The van der Waals surface area contributed by atoms with Gasteiger partial charge in [0.05, 0.1) is 0 Å². The van der Waals surface area contributed by atoms with Crippen molar-refractivity contribution < 1.29 is 0 Å². The lowest BCUT2D eigenvalue weighted by molar-refractivity contribution is 1.29. The van der Waals surface area contributed by atoms with Gasteiger partial charge in [-0.2, -0.15) is 0 Å². The van der Waals surface area contributed by atoms with Crippen LogP contribution in [0.3, 0.4) is 0 Å². The second-order valence-electron chi connectivity index (χ2n) is 12.9. The van der Waals surface area contributed by atoms with Gasteiger partial charge in [-0.05, 0) is 103 Å². The van der Waals surface area contributed by atoms with Gasteiger partial charge in [-0.25, -0.2) is 0 Å². The van der Waals surface area contributed by atoms with Gasteiger partial charge in [0.2, 0.25) is 0 Å². The van der Waals surface area contributed by atoms with Crippen molar-refractivity contribution in [2.45, 2.75) is 0 Å². The molecular formula is C48H31NS. The number of fused-ring (bicyclic) bond motifs is 8. The van der Waals surface area contributed by atoms with Crippen LogP contribution < -0.4 is 4.90 Å². The van der Waals surface area contributed by atoms with E-state index < -0.39 is 0 Å². The maximum Gasteiger partial charge on any atom is 0.0468 e. The Kier molecular flexibility index (Phi) is 6.75. The number of anilines is 3. The standard InChI is InChI=1S/C48H31NS/c1-2-10-32(11-3-1)33-24-26-38(27-25-33)49(40-28-29-43-37(31-40)23-22-35-21-20-34-12-4-5-15-41(34)47(35)43)39-14-8-13-36(30-39)42-17-9-19-46-48(42)44-16-6-7-18-45(44)50-46/h1-31H. The molecule has 0 aliphatic heterocycles. The summed E-state index contributed by atoms with van der Waals surface area (Å²) in [5.41, 5.74) is 8.26. The number of thiophene rings is 1. The molecule has 0 aliphatic rings. The summed E-state index contributed by atoms with van der Waals surface area (Å²) in [6, 6.07) is 68.7. The summed E-state index contributed by atoms with van der Waals surface area (Å²) >= 11 is 1.87. The molecule has 10 aromatic rings. The Labute approximate surface area is 294 Å². The molecule has 0 saturated carbocycles. The van der Waals surface area contributed by atoms with E-state index in [4.69, 9.17) is 0 Å². The van der Waals surface area contributed by atoms with Crippen molar-refractivity contribution >= 4 is 80.9 Å². The number of rotatable bonds is 5. The van der Waals surface area contributed by atoms with Crippen molar-refractivity contribution in [2.24, 2.45) is 0 Å². The van der Waals surface area contributed by atoms with E-state index in [2.05, 4.69) is 193 Å². The molecule has 0 unspecified atom stereocenters. The van der Waals surface area contributed by atoms with Crippen LogP contribution in [0.4, 0.5) is 17.1 Å². The van der Waals surface area contributed by atoms with Crippen LogP contribution in [0.15, 0.2) is 188 Å². The van der Waals surface area contributed by atoms with E-state index >= 15 is 0 Å². The molecule has 0 spiro atoms. The first kappa shape index (κ1) is 28.8. The van der Waals surface area contributed by atoms with Crippen LogP contribution in [0, 0.1) is 0 Å². The molecule has 0 bridgehead atoms. The SMILES string of the molecule is c1ccc(-c2ccc(N(c3cccc(-c4cccc5sc6ccccc6c45)c3)c3ccc4c(ccc5ccc6ccccc6c54)c3)cc2)cc1. The van der Waals surface area contributed by atoms with Crippen molar-refractivity contribution in [3.05, 3.63) is 188 Å². The smallest absolute Gasteiger partial charge is 0.0468 e. The quantitative estimate of drug-likeness (QED) is 0.167. The van der Waals surface area contributed by atoms with E-state index in [1.165, 1.54) is 74.7 Å². The van der Waals surface area contributed by atoms with E-state index in [0.717, 1.165) is 17.1 Å². The maximum absolute atomic E-state index is 2.40. The maximum atomic E-state index is 2.40. The Bertz CT molecular complexity index is 2870. The first-order valence-electron chi connectivity index (χ1n) is 17.1. The Morgan fingerprint density at radius 2 is 0.940 bits per heavy atom. The second kappa shape index (κ2) is 11.7. The van der Waals surface area contributed by atoms with Gasteiger partial charge >= 0.3 is 0 Å². The third-order valence-electron chi connectivity index (χ3n) is 10.0. The summed E-state index contributed by atoms with van der Waals surface area (Å²) in [5.74, 6) is 0. The molecule has 0 saturated heterocycles. The molecule has 234 valence electrons. The van der Waals surface area contributed by atoms with Gasteiger partial charge in [-0.1, -0.05) is 140 Å². The van der Waals surface area contributed by atoms with Gasteiger partial charge in [0.1, 0.15) is 0 Å². The molecule has 2 heteroatoms. The van der Waals surface area contributed by atoms with Crippen molar-refractivity contribution in [3.63, 3.8) is 0 Å². The summed E-state index contributed by atoms with van der Waals surface area (Å²) in [7, 11) is 0. The van der Waals surface area contributed by atoms with Crippen LogP contribution in [0.25, 0.3) is 74.7 Å². The van der Waals surface area contributed by atoms with Gasteiger partial charge in [0.15, 0.2) is 0 Å². The van der Waals surface area contributed by atoms with Crippen molar-refractivity contribution in [3.8, 4) is 22.3 Å². The highest BCUT2D eigenvalue weighted by Gasteiger charge is 2.17. The number of hydrogen-bond acceptors (Lipinski definition) is 2. The topological polar surface area (TPSA) is 3.24 Å². The van der Waals surface area contributed by atoms with Crippen LogP contribution in [-0.4, -0.2) is 0 Å². The zero-order chi connectivity index (χ0) is 33.0. The third-order valence-corrected chi connectivity index (χ3v) is 11.2. The van der Waals surface area contributed by atoms with Crippen molar-refractivity contribution in [1.82, 2.24) is 0 Å². The molecule has 0 atom stereocenters. The summed E-state index contributed by atoms with van der Waals surface area (Å²) in [4.78, 5) is 2.40. The molecule has 1 aromatic heterocycles. The van der Waals surface area contributed by atoms with E-state index in [0.29, 0.717) is 0 Å². The van der Waals surface area contributed by atoms with Crippen LogP contribution in [0.5, 0.6) is 0 Å². The minimum atomic E-state index is 1.12. The molecule has 0 N–H and O–H groups in total. The number of nitrogens with zero attached hydrogens (tertiary/aromatic N) is 1. The van der Waals surface area contributed by atoms with Crippen LogP contribution in [-0.2, 0) is 0 Å². The average Bonchev–Trinajstić information content (AvgIpc) is 3.57. The Balaban J connectivity index is 1.16. The molecule has 9 aromatic carbocycles. The van der Waals surface area contributed by atoms with Crippen LogP contribution >= 0.6 is 11.3 Å². The minimum Gasteiger partial charge on any atom is -0.310 e. The minimum absolute atomic E-state index is 1.12. The summed E-state index contributed by atoms with van der Waals surface area (Å²) in [6.45, 7) is 0. The second-order valence-corrected chi connectivity index (χ2v) is 14.0. The predicted octanol–water partition coefficient (Wildman–Crippen LogP) is 14.3. The molecule has 0 aliphatic carbocycles. The lowest BCUT2D eigenvalue weighted by atomic mass is 9.96. The molecule has 1 nitrogen and oxygen atoms in total. The highest BCUT2D eigenvalue weighted by molar-refractivity contribution is 7.25. The van der Waals surface area contributed by atoms with Crippen molar-refractivity contribution in [2.75, 3.05) is 4.90 Å². The summed E-state index contributed by atoms with van der Waals surface area (Å²) < 4.78 is 2.64. The molecule has 10 rings (SSSR count). The van der Waals surface area contributed by atoms with Crippen LogP contribution in [0.1, 0.15) is 0 Å². The zero-order valence-corrected chi connectivity index (χ0v) is 28.1. The van der Waals surface area contributed by atoms with E-state index in [9.17, 15) is 0 Å². The Morgan fingerprint density at radius 1 is 0.320 bits per heavy atom. The first-order chi connectivity index (χ1) is 24.8. The normalized spacial score (nSPS) is 11.6. The monoisotopic (exact) mass is 653 g/mol. The van der Waals surface area contributed by atoms with E-state index in [1.54, 1.807) is 0 Å². The zero-order valence-electron chi connectivity index (χ0n) is 27.3. The summed E-state index contributed by atoms with van der Waals surface area (Å²) in [6.07, 6.45) is 0. The highest BCUT2D eigenvalue weighted by Crippen LogP contribution is 2.43. The Morgan fingerprint density at radius 3 is 1.82 bits per heavy atom. The first-order valence-corrected chi connectivity index (χ1v) is 17.9. The van der Waals surface area contributed by atoms with Crippen molar-refractivity contribution in [1.29, 1.82) is 0 Å². The van der Waals surface area contributed by atoms with E-state index in [1.807, 2.05) is 11.3 Å². The molecule has 50 heavy (non-hydrogen) atoms. The number of benzene rings is 9. The predicted molar refractivity (Wildman–Crippen MR) is 217 cm³/mol.